The first-order valence-electron chi connectivity index (χ1n) is 8.26. The number of hydrogen-bond acceptors (Lipinski definition) is 5. The molecule has 3 N–H and O–H groups in total. The first-order chi connectivity index (χ1) is 13.5. The molecule has 3 rings (SSSR count). The van der Waals surface area contributed by atoms with Gasteiger partial charge in [-0.15, -0.1) is 0 Å². The molecule has 1 heterocycles. The normalized spacial score (nSPS) is 10.4. The summed E-state index contributed by atoms with van der Waals surface area (Å²) in [5.74, 6) is 1.29. The highest BCUT2D eigenvalue weighted by Crippen LogP contribution is 2.33. The summed E-state index contributed by atoms with van der Waals surface area (Å²) in [4.78, 5) is 12.3. The molecule has 144 valence electrons. The number of hydrogen-bond donors (Lipinski definition) is 3. The van der Waals surface area contributed by atoms with Crippen molar-refractivity contribution in [1.29, 1.82) is 0 Å². The molecule has 0 spiro atoms. The fraction of sp³-hybridized carbons (Fsp3) is 0.100. The molecular weight excluding hydrogens is 444 g/mol. The summed E-state index contributed by atoms with van der Waals surface area (Å²) in [6, 6.07) is 15.9. The Morgan fingerprint density at radius 3 is 2.68 bits per heavy atom. The van der Waals surface area contributed by atoms with E-state index in [1.54, 1.807) is 55.6 Å². The summed E-state index contributed by atoms with van der Waals surface area (Å²) in [5, 5.41) is 14.9. The Hall–Kier alpha value is -2.68. The van der Waals surface area contributed by atoms with Crippen LogP contribution in [0, 0.1) is 0 Å². The topological polar surface area (TPSA) is 83.7 Å². The number of ether oxygens (including phenoxy) is 1. The van der Waals surface area contributed by atoms with Gasteiger partial charge < -0.3 is 19.6 Å². The van der Waals surface area contributed by atoms with Crippen molar-refractivity contribution >= 4 is 44.9 Å². The number of aliphatic hydroxyl groups is 1. The van der Waals surface area contributed by atoms with Crippen LogP contribution in [0.4, 0.5) is 5.69 Å². The van der Waals surface area contributed by atoms with Crippen molar-refractivity contribution in [3.8, 4) is 17.1 Å². The van der Waals surface area contributed by atoms with Gasteiger partial charge in [-0.1, -0.05) is 12.1 Å². The molecule has 28 heavy (non-hydrogen) atoms. The molecule has 1 aromatic heterocycles. The standard InChI is InChI=1S/C20H17BrN2O4S/c1-26-18-10-12(6-8-15(18)17-9-7-13(11-24)27-17)22-20(28)23-19(25)14-4-2-3-5-16(14)21/h2-10,24H,11H2,1H3,(H2,22,23,25,28). The van der Waals surface area contributed by atoms with Crippen LogP contribution in [0.25, 0.3) is 11.3 Å². The van der Waals surface area contributed by atoms with E-state index in [1.807, 2.05) is 6.07 Å². The van der Waals surface area contributed by atoms with E-state index in [2.05, 4.69) is 26.6 Å². The third kappa shape index (κ3) is 4.59. The number of anilines is 1. The van der Waals surface area contributed by atoms with Gasteiger partial charge in [-0.05, 0) is 64.5 Å². The van der Waals surface area contributed by atoms with E-state index in [1.165, 1.54) is 0 Å². The van der Waals surface area contributed by atoms with Crippen LogP contribution in [-0.2, 0) is 6.61 Å². The molecule has 0 saturated heterocycles. The first kappa shape index (κ1) is 20.1. The van der Waals surface area contributed by atoms with E-state index in [-0.39, 0.29) is 17.6 Å². The molecule has 0 bridgehead atoms. The number of thiocarbonyl (C=S) groups is 1. The average Bonchev–Trinajstić information content (AvgIpc) is 3.17. The maximum absolute atomic E-state index is 12.3. The molecule has 0 saturated carbocycles. The molecule has 0 unspecified atom stereocenters. The van der Waals surface area contributed by atoms with Crippen LogP contribution < -0.4 is 15.4 Å². The molecule has 3 aromatic rings. The Morgan fingerprint density at radius 1 is 1.21 bits per heavy atom. The van der Waals surface area contributed by atoms with Crippen LogP contribution in [0.1, 0.15) is 16.1 Å². The van der Waals surface area contributed by atoms with Crippen LogP contribution in [0.2, 0.25) is 0 Å². The van der Waals surface area contributed by atoms with Crippen LogP contribution in [0.5, 0.6) is 5.75 Å². The molecule has 1 amide bonds. The summed E-state index contributed by atoms with van der Waals surface area (Å²) in [7, 11) is 1.55. The van der Waals surface area contributed by atoms with Gasteiger partial charge in [0.05, 0.1) is 18.2 Å². The highest BCUT2D eigenvalue weighted by molar-refractivity contribution is 9.10. The number of furan rings is 1. The van der Waals surface area contributed by atoms with Gasteiger partial charge in [0.2, 0.25) is 0 Å². The molecule has 0 fully saturated rings. The zero-order valence-electron chi connectivity index (χ0n) is 14.9. The number of nitrogens with one attached hydrogen (secondary N) is 2. The second kappa shape index (κ2) is 9.01. The number of methoxy groups -OCH3 is 1. The monoisotopic (exact) mass is 460 g/mol. The van der Waals surface area contributed by atoms with Gasteiger partial charge in [-0.3, -0.25) is 10.1 Å². The minimum atomic E-state index is -0.319. The first-order valence-corrected chi connectivity index (χ1v) is 9.46. The minimum Gasteiger partial charge on any atom is -0.496 e. The lowest BCUT2D eigenvalue weighted by atomic mass is 10.1. The van der Waals surface area contributed by atoms with E-state index in [0.29, 0.717) is 33.0 Å². The summed E-state index contributed by atoms with van der Waals surface area (Å²) >= 11 is 8.58. The second-order valence-electron chi connectivity index (χ2n) is 5.73. The number of aliphatic hydroxyl groups excluding tert-OH is 1. The highest BCUT2D eigenvalue weighted by Gasteiger charge is 2.14. The molecule has 2 aromatic carbocycles. The fourth-order valence-corrected chi connectivity index (χ4v) is 3.23. The van der Waals surface area contributed by atoms with Crippen LogP contribution in [0.15, 0.2) is 63.5 Å². The van der Waals surface area contributed by atoms with Crippen LogP contribution >= 0.6 is 28.1 Å². The predicted octanol–water partition coefficient (Wildman–Crippen LogP) is 4.34. The largest absolute Gasteiger partial charge is 0.496 e. The Bertz CT molecular complexity index is 1020. The van der Waals surface area contributed by atoms with Gasteiger partial charge in [0.1, 0.15) is 23.9 Å². The highest BCUT2D eigenvalue weighted by atomic mass is 79.9. The summed E-state index contributed by atoms with van der Waals surface area (Å²) in [6.07, 6.45) is 0. The lowest BCUT2D eigenvalue weighted by Gasteiger charge is -2.13. The molecule has 0 aliphatic heterocycles. The van der Waals surface area contributed by atoms with E-state index in [0.717, 1.165) is 5.56 Å². The Morgan fingerprint density at radius 2 is 2.00 bits per heavy atom. The quantitative estimate of drug-likeness (QED) is 0.491. The third-order valence-corrected chi connectivity index (χ3v) is 4.78. The molecule has 6 nitrogen and oxygen atoms in total. The number of carbonyl (C=O) groups is 1. The molecule has 8 heteroatoms. The van der Waals surface area contributed by atoms with Gasteiger partial charge in [-0.25, -0.2) is 0 Å². The molecular formula is C20H17BrN2O4S. The minimum absolute atomic E-state index is 0.163. The van der Waals surface area contributed by atoms with E-state index in [4.69, 9.17) is 26.5 Å². The van der Waals surface area contributed by atoms with Crippen LogP contribution in [-0.4, -0.2) is 23.2 Å². The summed E-state index contributed by atoms with van der Waals surface area (Å²) in [5.41, 5.74) is 1.86. The molecule has 0 aliphatic carbocycles. The zero-order valence-corrected chi connectivity index (χ0v) is 17.3. The zero-order chi connectivity index (χ0) is 20.1. The number of amides is 1. The fourth-order valence-electron chi connectivity index (χ4n) is 2.56. The lowest BCUT2D eigenvalue weighted by Crippen LogP contribution is -2.34. The predicted molar refractivity (Wildman–Crippen MR) is 114 cm³/mol. The maximum Gasteiger partial charge on any atom is 0.258 e. The van der Waals surface area contributed by atoms with E-state index < -0.39 is 0 Å². The van der Waals surface area contributed by atoms with Crippen molar-refractivity contribution in [2.75, 3.05) is 12.4 Å². The molecule has 0 atom stereocenters. The van der Waals surface area contributed by atoms with Crippen molar-refractivity contribution in [2.24, 2.45) is 0 Å². The van der Waals surface area contributed by atoms with Crippen molar-refractivity contribution in [3.63, 3.8) is 0 Å². The van der Waals surface area contributed by atoms with Gasteiger partial charge in [0.15, 0.2) is 5.11 Å². The summed E-state index contributed by atoms with van der Waals surface area (Å²) < 4.78 is 11.7. The van der Waals surface area contributed by atoms with Gasteiger partial charge >= 0.3 is 0 Å². The van der Waals surface area contributed by atoms with Crippen molar-refractivity contribution in [3.05, 3.63) is 70.4 Å². The van der Waals surface area contributed by atoms with E-state index in [9.17, 15) is 4.79 Å². The summed E-state index contributed by atoms with van der Waals surface area (Å²) in [6.45, 7) is -0.173. The third-order valence-electron chi connectivity index (χ3n) is 3.89. The average molecular weight is 461 g/mol. The lowest BCUT2D eigenvalue weighted by molar-refractivity contribution is 0.0977. The Labute approximate surface area is 175 Å². The Balaban J connectivity index is 1.73. The second-order valence-corrected chi connectivity index (χ2v) is 6.99. The number of benzene rings is 2. The number of rotatable bonds is 5. The van der Waals surface area contributed by atoms with Crippen molar-refractivity contribution in [2.45, 2.75) is 6.61 Å². The van der Waals surface area contributed by atoms with Gasteiger partial charge in [-0.2, -0.15) is 0 Å². The SMILES string of the molecule is COc1cc(NC(=S)NC(=O)c2ccccc2Br)ccc1-c1ccc(CO)o1. The van der Waals surface area contributed by atoms with Crippen LogP contribution in [0.3, 0.4) is 0 Å². The van der Waals surface area contributed by atoms with E-state index >= 15 is 0 Å². The van der Waals surface area contributed by atoms with Crippen molar-refractivity contribution < 1.29 is 19.1 Å². The number of halogens is 1. The van der Waals surface area contributed by atoms with Gasteiger partial charge in [0.25, 0.3) is 5.91 Å². The van der Waals surface area contributed by atoms with Gasteiger partial charge in [0, 0.05) is 16.2 Å². The molecule has 0 aliphatic rings. The Kier molecular flexibility index (Phi) is 6.45. The number of carbonyl (C=O) groups excluding carboxylic acids is 1. The maximum atomic E-state index is 12.3. The molecule has 0 radical (unpaired) electrons. The smallest absolute Gasteiger partial charge is 0.258 e. The van der Waals surface area contributed by atoms with Crippen molar-refractivity contribution in [1.82, 2.24) is 5.32 Å².